The Morgan fingerprint density at radius 3 is 2.48 bits per heavy atom. The van der Waals surface area contributed by atoms with Crippen molar-refractivity contribution >= 4 is 10.9 Å². The van der Waals surface area contributed by atoms with Crippen LogP contribution in [0.2, 0.25) is 0 Å². The topological polar surface area (TPSA) is 38.1 Å². The number of hydrogen-bond donors (Lipinski definition) is 1. The molecule has 1 N–H and O–H groups in total. The second-order valence-corrected chi connectivity index (χ2v) is 6.06. The van der Waals surface area contributed by atoms with Gasteiger partial charge in [0, 0.05) is 11.8 Å². The van der Waals surface area contributed by atoms with E-state index in [-0.39, 0.29) is 5.82 Å². The second-order valence-electron chi connectivity index (χ2n) is 6.06. The van der Waals surface area contributed by atoms with E-state index < -0.39 is 6.10 Å². The molecule has 0 aliphatic carbocycles. The summed E-state index contributed by atoms with van der Waals surface area (Å²) in [6.45, 7) is 0. The lowest BCUT2D eigenvalue weighted by Gasteiger charge is -2.11. The zero-order valence-corrected chi connectivity index (χ0v) is 13.5. The molecule has 3 aromatic carbocycles. The van der Waals surface area contributed by atoms with Crippen LogP contribution < -0.4 is 0 Å². The van der Waals surface area contributed by atoms with Gasteiger partial charge in [-0.25, -0.2) is 9.07 Å². The fourth-order valence-corrected chi connectivity index (χ4v) is 3.00. The van der Waals surface area contributed by atoms with Gasteiger partial charge in [0.1, 0.15) is 5.82 Å². The minimum absolute atomic E-state index is 0.272. The molecule has 0 amide bonds. The minimum atomic E-state index is -0.569. The van der Waals surface area contributed by atoms with Crippen molar-refractivity contribution in [2.24, 2.45) is 0 Å². The minimum Gasteiger partial charge on any atom is -0.388 e. The molecule has 4 heteroatoms. The number of aliphatic hydroxyl groups excluding tert-OH is 1. The van der Waals surface area contributed by atoms with Gasteiger partial charge in [-0.2, -0.15) is 5.10 Å². The molecular formula is C21H17FN2O. The number of aromatic nitrogens is 2. The Kier molecular flexibility index (Phi) is 4.04. The molecule has 0 saturated carbocycles. The van der Waals surface area contributed by atoms with Crippen LogP contribution in [-0.2, 0) is 6.42 Å². The van der Waals surface area contributed by atoms with Gasteiger partial charge >= 0.3 is 0 Å². The van der Waals surface area contributed by atoms with Gasteiger partial charge in [0.15, 0.2) is 0 Å². The molecular weight excluding hydrogens is 315 g/mol. The fourth-order valence-electron chi connectivity index (χ4n) is 3.00. The molecule has 4 rings (SSSR count). The molecule has 3 nitrogen and oxygen atoms in total. The van der Waals surface area contributed by atoms with Gasteiger partial charge in [0.25, 0.3) is 0 Å². The lowest BCUT2D eigenvalue weighted by molar-refractivity contribution is 0.178. The lowest BCUT2D eigenvalue weighted by atomic mass is 10.0. The van der Waals surface area contributed by atoms with Gasteiger partial charge in [-0.15, -0.1) is 0 Å². The van der Waals surface area contributed by atoms with E-state index >= 15 is 0 Å². The summed E-state index contributed by atoms with van der Waals surface area (Å²) in [5.41, 5.74) is 3.67. The Labute approximate surface area is 145 Å². The van der Waals surface area contributed by atoms with E-state index in [1.54, 1.807) is 23.0 Å². The van der Waals surface area contributed by atoms with Gasteiger partial charge in [-0.3, -0.25) is 0 Å². The molecule has 0 spiro atoms. The first-order chi connectivity index (χ1) is 12.2. The SMILES string of the molecule is OC(Cc1ccccc1)c1ccc2c(cnn2-c2ccc(F)cc2)c1. The summed E-state index contributed by atoms with van der Waals surface area (Å²) in [5.74, 6) is -0.272. The van der Waals surface area contributed by atoms with Crippen LogP contribution in [0.4, 0.5) is 4.39 Å². The summed E-state index contributed by atoms with van der Waals surface area (Å²) in [6.07, 6.45) is 1.76. The summed E-state index contributed by atoms with van der Waals surface area (Å²) in [6, 6.07) is 22.0. The van der Waals surface area contributed by atoms with Crippen molar-refractivity contribution in [3.05, 3.63) is 95.9 Å². The van der Waals surface area contributed by atoms with E-state index in [0.717, 1.165) is 27.7 Å². The van der Waals surface area contributed by atoms with E-state index in [4.69, 9.17) is 0 Å². The molecule has 0 saturated heterocycles. The quantitative estimate of drug-likeness (QED) is 0.600. The first-order valence-corrected chi connectivity index (χ1v) is 8.16. The average molecular weight is 332 g/mol. The van der Waals surface area contributed by atoms with Crippen molar-refractivity contribution in [3.8, 4) is 5.69 Å². The maximum Gasteiger partial charge on any atom is 0.123 e. The molecule has 1 heterocycles. The van der Waals surface area contributed by atoms with E-state index in [9.17, 15) is 9.50 Å². The fraction of sp³-hybridized carbons (Fsp3) is 0.0952. The molecule has 1 unspecified atom stereocenters. The summed E-state index contributed by atoms with van der Waals surface area (Å²) in [5, 5.41) is 15.8. The lowest BCUT2D eigenvalue weighted by Crippen LogP contribution is -2.02. The summed E-state index contributed by atoms with van der Waals surface area (Å²) < 4.78 is 14.9. The van der Waals surface area contributed by atoms with Crippen molar-refractivity contribution < 1.29 is 9.50 Å². The smallest absolute Gasteiger partial charge is 0.123 e. The number of hydrogen-bond acceptors (Lipinski definition) is 2. The van der Waals surface area contributed by atoms with Crippen molar-refractivity contribution in [1.82, 2.24) is 9.78 Å². The van der Waals surface area contributed by atoms with Crippen LogP contribution in [0, 0.1) is 5.82 Å². The van der Waals surface area contributed by atoms with Crippen LogP contribution in [0.1, 0.15) is 17.2 Å². The van der Waals surface area contributed by atoms with E-state index in [1.165, 1.54) is 12.1 Å². The predicted molar refractivity (Wildman–Crippen MR) is 96.1 cm³/mol. The Balaban J connectivity index is 1.64. The molecule has 124 valence electrons. The van der Waals surface area contributed by atoms with Gasteiger partial charge < -0.3 is 5.11 Å². The van der Waals surface area contributed by atoms with E-state index in [1.807, 2.05) is 48.5 Å². The average Bonchev–Trinajstić information content (AvgIpc) is 3.06. The predicted octanol–water partition coefficient (Wildman–Crippen LogP) is 4.44. The Bertz CT molecular complexity index is 994. The highest BCUT2D eigenvalue weighted by molar-refractivity contribution is 5.81. The van der Waals surface area contributed by atoms with Crippen molar-refractivity contribution in [2.45, 2.75) is 12.5 Å². The van der Waals surface area contributed by atoms with Crippen molar-refractivity contribution in [3.63, 3.8) is 0 Å². The normalized spacial score (nSPS) is 12.4. The Morgan fingerprint density at radius 2 is 1.72 bits per heavy atom. The van der Waals surface area contributed by atoms with Gasteiger partial charge in [0.05, 0.1) is 23.5 Å². The molecule has 0 bridgehead atoms. The van der Waals surface area contributed by atoms with Crippen LogP contribution >= 0.6 is 0 Å². The first kappa shape index (κ1) is 15.5. The van der Waals surface area contributed by atoms with Crippen LogP contribution in [0.3, 0.4) is 0 Å². The first-order valence-electron chi connectivity index (χ1n) is 8.16. The summed E-state index contributed by atoms with van der Waals surface area (Å²) >= 11 is 0. The molecule has 25 heavy (non-hydrogen) atoms. The Hall–Kier alpha value is -2.98. The van der Waals surface area contributed by atoms with Crippen LogP contribution in [0.25, 0.3) is 16.6 Å². The number of aliphatic hydroxyl groups is 1. The Morgan fingerprint density at radius 1 is 0.960 bits per heavy atom. The van der Waals surface area contributed by atoms with E-state index in [0.29, 0.717) is 6.42 Å². The monoisotopic (exact) mass is 332 g/mol. The highest BCUT2D eigenvalue weighted by Crippen LogP contribution is 2.25. The number of halogens is 1. The number of nitrogens with zero attached hydrogens (tertiary/aromatic N) is 2. The van der Waals surface area contributed by atoms with Gasteiger partial charge in [-0.05, 0) is 47.5 Å². The van der Waals surface area contributed by atoms with Crippen LogP contribution in [-0.4, -0.2) is 14.9 Å². The molecule has 0 aliphatic heterocycles. The highest BCUT2D eigenvalue weighted by Gasteiger charge is 2.12. The second kappa shape index (κ2) is 6.49. The molecule has 4 aromatic rings. The third-order valence-electron chi connectivity index (χ3n) is 4.32. The standard InChI is InChI=1S/C21H17FN2O/c22-18-7-9-19(10-8-18)24-20-11-6-16(13-17(20)14-23-24)21(25)12-15-4-2-1-3-5-15/h1-11,13-14,21,25H,12H2. The largest absolute Gasteiger partial charge is 0.388 e. The highest BCUT2D eigenvalue weighted by atomic mass is 19.1. The number of fused-ring (bicyclic) bond motifs is 1. The third kappa shape index (κ3) is 3.16. The molecule has 0 aliphatic rings. The van der Waals surface area contributed by atoms with Crippen molar-refractivity contribution in [1.29, 1.82) is 0 Å². The number of rotatable bonds is 4. The summed E-state index contributed by atoms with van der Waals surface area (Å²) in [7, 11) is 0. The van der Waals surface area contributed by atoms with E-state index in [2.05, 4.69) is 5.10 Å². The molecule has 1 aromatic heterocycles. The maximum atomic E-state index is 13.1. The van der Waals surface area contributed by atoms with Gasteiger partial charge in [0.2, 0.25) is 0 Å². The van der Waals surface area contributed by atoms with Crippen molar-refractivity contribution in [2.75, 3.05) is 0 Å². The van der Waals surface area contributed by atoms with Crippen LogP contribution in [0.5, 0.6) is 0 Å². The zero-order valence-electron chi connectivity index (χ0n) is 13.5. The zero-order chi connectivity index (χ0) is 17.2. The van der Waals surface area contributed by atoms with Crippen LogP contribution in [0.15, 0.2) is 79.0 Å². The molecule has 1 atom stereocenters. The third-order valence-corrected chi connectivity index (χ3v) is 4.32. The maximum absolute atomic E-state index is 13.1. The summed E-state index contributed by atoms with van der Waals surface area (Å²) in [4.78, 5) is 0. The molecule has 0 fully saturated rings. The number of benzene rings is 3. The van der Waals surface area contributed by atoms with Gasteiger partial charge in [-0.1, -0.05) is 36.4 Å². The molecule has 0 radical (unpaired) electrons.